The predicted octanol–water partition coefficient (Wildman–Crippen LogP) is 0.529. The third-order valence-corrected chi connectivity index (χ3v) is 6.02. The van der Waals surface area contributed by atoms with Crippen molar-refractivity contribution in [2.45, 2.75) is 51.1 Å². The fourth-order valence-corrected chi connectivity index (χ4v) is 4.56. The van der Waals surface area contributed by atoms with Crippen LogP contribution in [0.2, 0.25) is 0 Å². The van der Waals surface area contributed by atoms with Crippen molar-refractivity contribution in [3.63, 3.8) is 0 Å². The van der Waals surface area contributed by atoms with Crippen molar-refractivity contribution >= 4 is 10.2 Å². The summed E-state index contributed by atoms with van der Waals surface area (Å²) in [7, 11) is -3.25. The van der Waals surface area contributed by atoms with Crippen molar-refractivity contribution in [3.8, 4) is 0 Å². The van der Waals surface area contributed by atoms with Gasteiger partial charge in [0.25, 0.3) is 10.2 Å². The van der Waals surface area contributed by atoms with Crippen LogP contribution >= 0.6 is 0 Å². The minimum atomic E-state index is -3.25. The van der Waals surface area contributed by atoms with Gasteiger partial charge in [0.15, 0.2) is 0 Å². The minimum absolute atomic E-state index is 0.143. The van der Waals surface area contributed by atoms with E-state index in [-0.39, 0.29) is 12.1 Å². The Morgan fingerprint density at radius 3 is 2.29 bits per heavy atom. The van der Waals surface area contributed by atoms with Crippen molar-refractivity contribution in [1.29, 1.82) is 0 Å². The normalized spacial score (nSPS) is 30.6. The van der Waals surface area contributed by atoms with E-state index < -0.39 is 10.2 Å². The lowest BCUT2D eigenvalue weighted by atomic mass is 10.1. The van der Waals surface area contributed by atoms with Gasteiger partial charge in [-0.3, -0.25) is 0 Å². The van der Waals surface area contributed by atoms with Gasteiger partial charge in [-0.2, -0.15) is 17.0 Å². The number of rotatable bonds is 2. The molecule has 0 amide bonds. The van der Waals surface area contributed by atoms with Crippen molar-refractivity contribution in [3.05, 3.63) is 0 Å². The summed E-state index contributed by atoms with van der Waals surface area (Å²) in [4.78, 5) is 0. The largest absolute Gasteiger partial charge is 0.328 e. The lowest BCUT2D eigenvalue weighted by Gasteiger charge is -2.38. The molecule has 0 radical (unpaired) electrons. The van der Waals surface area contributed by atoms with E-state index in [1.807, 2.05) is 6.92 Å². The van der Waals surface area contributed by atoms with E-state index in [0.29, 0.717) is 19.6 Å². The number of piperidine rings is 2. The molecule has 0 bridgehead atoms. The molecular weight excluding hydrogens is 238 g/mol. The number of nitrogens with zero attached hydrogens (tertiary/aromatic N) is 2. The van der Waals surface area contributed by atoms with Gasteiger partial charge in [-0.25, -0.2) is 0 Å². The Morgan fingerprint density at radius 1 is 1.06 bits per heavy atom. The van der Waals surface area contributed by atoms with Gasteiger partial charge in [0, 0.05) is 31.7 Å². The first kappa shape index (κ1) is 13.3. The molecule has 6 heteroatoms. The number of hydrogen-bond donors (Lipinski definition) is 1. The molecule has 2 aliphatic heterocycles. The molecule has 0 aliphatic carbocycles. The summed E-state index contributed by atoms with van der Waals surface area (Å²) >= 11 is 0. The first-order chi connectivity index (χ1) is 8.01. The number of hydrogen-bond acceptors (Lipinski definition) is 3. The molecule has 0 aromatic carbocycles. The molecule has 2 N–H and O–H groups in total. The van der Waals surface area contributed by atoms with Crippen LogP contribution in [0, 0.1) is 0 Å². The van der Waals surface area contributed by atoms with Crippen LogP contribution in [0.3, 0.4) is 0 Å². The van der Waals surface area contributed by atoms with Crippen LogP contribution in [0.1, 0.15) is 39.0 Å². The van der Waals surface area contributed by atoms with E-state index in [9.17, 15) is 8.42 Å². The van der Waals surface area contributed by atoms with Crippen molar-refractivity contribution < 1.29 is 8.42 Å². The molecule has 0 spiro atoms. The third-order valence-electron chi connectivity index (χ3n) is 3.86. The molecule has 0 unspecified atom stereocenters. The molecule has 17 heavy (non-hydrogen) atoms. The van der Waals surface area contributed by atoms with Crippen LogP contribution in [0.15, 0.2) is 0 Å². The second kappa shape index (κ2) is 5.22. The van der Waals surface area contributed by atoms with Gasteiger partial charge in [0.1, 0.15) is 0 Å². The SMILES string of the molecule is C[C@H]1CCCCN1S(=O)(=O)N1CCC(N)CC1. The lowest BCUT2D eigenvalue weighted by Crippen LogP contribution is -2.52. The molecule has 1 atom stereocenters. The highest BCUT2D eigenvalue weighted by molar-refractivity contribution is 7.86. The van der Waals surface area contributed by atoms with Gasteiger partial charge in [0.2, 0.25) is 0 Å². The lowest BCUT2D eigenvalue weighted by molar-refractivity contribution is 0.231. The van der Waals surface area contributed by atoms with E-state index in [0.717, 1.165) is 32.1 Å². The quantitative estimate of drug-likeness (QED) is 0.788. The molecule has 0 aromatic heterocycles. The van der Waals surface area contributed by atoms with Gasteiger partial charge >= 0.3 is 0 Å². The molecule has 100 valence electrons. The van der Waals surface area contributed by atoms with E-state index >= 15 is 0 Å². The average Bonchev–Trinajstić information content (AvgIpc) is 2.30. The summed E-state index contributed by atoms with van der Waals surface area (Å²) in [6, 6.07) is 0.310. The van der Waals surface area contributed by atoms with E-state index in [4.69, 9.17) is 5.73 Å². The highest BCUT2D eigenvalue weighted by Crippen LogP contribution is 2.24. The minimum Gasteiger partial charge on any atom is -0.328 e. The average molecular weight is 261 g/mol. The van der Waals surface area contributed by atoms with Gasteiger partial charge in [-0.15, -0.1) is 0 Å². The zero-order valence-electron chi connectivity index (χ0n) is 10.5. The summed E-state index contributed by atoms with van der Waals surface area (Å²) < 4.78 is 28.2. The first-order valence-corrected chi connectivity index (χ1v) is 7.94. The maximum Gasteiger partial charge on any atom is 0.282 e. The molecule has 0 saturated carbocycles. The zero-order chi connectivity index (χ0) is 12.5. The van der Waals surface area contributed by atoms with Crippen molar-refractivity contribution in [2.75, 3.05) is 19.6 Å². The molecule has 0 aromatic rings. The van der Waals surface area contributed by atoms with Crippen LogP contribution < -0.4 is 5.73 Å². The monoisotopic (exact) mass is 261 g/mol. The first-order valence-electron chi connectivity index (χ1n) is 6.54. The molecule has 2 saturated heterocycles. The standard InChI is InChI=1S/C11H23N3O2S/c1-10-4-2-3-7-14(10)17(15,16)13-8-5-11(12)6-9-13/h10-11H,2-9,12H2,1H3/t10-/m0/s1. The van der Waals surface area contributed by atoms with E-state index in [2.05, 4.69) is 0 Å². The maximum atomic E-state index is 12.5. The summed E-state index contributed by atoms with van der Waals surface area (Å²) in [5.74, 6) is 0. The van der Waals surface area contributed by atoms with Crippen LogP contribution in [-0.4, -0.2) is 48.7 Å². The molecule has 2 heterocycles. The van der Waals surface area contributed by atoms with Gasteiger partial charge in [-0.05, 0) is 32.6 Å². The fraction of sp³-hybridized carbons (Fsp3) is 1.00. The van der Waals surface area contributed by atoms with Crippen molar-refractivity contribution in [1.82, 2.24) is 8.61 Å². The van der Waals surface area contributed by atoms with Crippen LogP contribution in [-0.2, 0) is 10.2 Å². The van der Waals surface area contributed by atoms with Gasteiger partial charge < -0.3 is 5.73 Å². The molecule has 5 nitrogen and oxygen atoms in total. The molecular formula is C11H23N3O2S. The topological polar surface area (TPSA) is 66.6 Å². The molecule has 2 rings (SSSR count). The smallest absolute Gasteiger partial charge is 0.282 e. The number of nitrogens with two attached hydrogens (primary N) is 1. The Morgan fingerprint density at radius 2 is 1.71 bits per heavy atom. The Kier molecular flexibility index (Phi) is 4.07. The van der Waals surface area contributed by atoms with Crippen molar-refractivity contribution in [2.24, 2.45) is 5.73 Å². The Bertz CT molecular complexity index is 350. The molecule has 2 fully saturated rings. The highest BCUT2D eigenvalue weighted by atomic mass is 32.2. The highest BCUT2D eigenvalue weighted by Gasteiger charge is 2.35. The fourth-order valence-electron chi connectivity index (χ4n) is 2.67. The Hall–Kier alpha value is -0.170. The summed E-state index contributed by atoms with van der Waals surface area (Å²) in [5, 5.41) is 0. The van der Waals surface area contributed by atoms with Gasteiger partial charge in [-0.1, -0.05) is 6.42 Å². The van der Waals surface area contributed by atoms with Crippen LogP contribution in [0.5, 0.6) is 0 Å². The van der Waals surface area contributed by atoms with Crippen LogP contribution in [0.25, 0.3) is 0 Å². The van der Waals surface area contributed by atoms with E-state index in [1.165, 1.54) is 0 Å². The molecule has 2 aliphatic rings. The summed E-state index contributed by atoms with van der Waals surface area (Å²) in [6.07, 6.45) is 4.66. The Balaban J connectivity index is 2.07. The second-order valence-electron chi connectivity index (χ2n) is 5.20. The van der Waals surface area contributed by atoms with Crippen LogP contribution in [0.4, 0.5) is 0 Å². The Labute approximate surface area is 104 Å². The zero-order valence-corrected chi connectivity index (χ0v) is 11.3. The second-order valence-corrected chi connectivity index (χ2v) is 7.08. The van der Waals surface area contributed by atoms with Gasteiger partial charge in [0.05, 0.1) is 0 Å². The maximum absolute atomic E-state index is 12.5. The predicted molar refractivity (Wildman–Crippen MR) is 67.7 cm³/mol. The summed E-state index contributed by atoms with van der Waals surface area (Å²) in [6.45, 7) is 3.83. The summed E-state index contributed by atoms with van der Waals surface area (Å²) in [5.41, 5.74) is 5.81. The third kappa shape index (κ3) is 2.81. The van der Waals surface area contributed by atoms with E-state index in [1.54, 1.807) is 8.61 Å².